The Hall–Kier alpha value is -1.06. The Labute approximate surface area is 108 Å². The topological polar surface area (TPSA) is 49.7 Å². The van der Waals surface area contributed by atoms with Gasteiger partial charge >= 0.3 is 0 Å². The molecule has 1 fully saturated rings. The summed E-state index contributed by atoms with van der Waals surface area (Å²) in [5.41, 5.74) is 0.240. The van der Waals surface area contributed by atoms with E-state index in [1.807, 2.05) is 24.3 Å². The zero-order valence-corrected chi connectivity index (χ0v) is 10.9. The lowest BCUT2D eigenvalue weighted by Crippen LogP contribution is -2.40. The molecule has 3 nitrogen and oxygen atoms in total. The van der Waals surface area contributed by atoms with Gasteiger partial charge in [-0.1, -0.05) is 31.4 Å². The molecule has 1 atom stereocenters. The van der Waals surface area contributed by atoms with E-state index in [1.54, 1.807) is 7.11 Å². The second-order valence-corrected chi connectivity index (χ2v) is 5.17. The van der Waals surface area contributed by atoms with E-state index >= 15 is 0 Å². The number of benzene rings is 1. The first-order valence-corrected chi connectivity index (χ1v) is 6.67. The summed E-state index contributed by atoms with van der Waals surface area (Å²) < 4.78 is 5.13. The van der Waals surface area contributed by atoms with Gasteiger partial charge < -0.3 is 14.9 Å². The SMILES string of the molecule is COc1ccc([C@H](CO)C2(O)CCCCC2)cc1. The van der Waals surface area contributed by atoms with Gasteiger partial charge in [0.2, 0.25) is 0 Å². The Kier molecular flexibility index (Phi) is 4.25. The first-order valence-electron chi connectivity index (χ1n) is 6.67. The Morgan fingerprint density at radius 2 is 1.78 bits per heavy atom. The molecule has 2 N–H and O–H groups in total. The van der Waals surface area contributed by atoms with Gasteiger partial charge in [0.1, 0.15) is 5.75 Å². The Morgan fingerprint density at radius 1 is 1.17 bits per heavy atom. The van der Waals surface area contributed by atoms with Crippen molar-refractivity contribution in [3.8, 4) is 5.75 Å². The highest BCUT2D eigenvalue weighted by atomic mass is 16.5. The fourth-order valence-electron chi connectivity index (χ4n) is 2.93. The molecule has 0 spiro atoms. The maximum absolute atomic E-state index is 10.7. The molecule has 2 rings (SSSR count). The molecule has 1 aromatic rings. The average Bonchev–Trinajstić information content (AvgIpc) is 2.41. The maximum Gasteiger partial charge on any atom is 0.118 e. The van der Waals surface area contributed by atoms with Crippen LogP contribution in [0.2, 0.25) is 0 Å². The third-order valence-electron chi connectivity index (χ3n) is 4.07. The lowest BCUT2D eigenvalue weighted by molar-refractivity contribution is -0.0363. The first-order chi connectivity index (χ1) is 8.69. The van der Waals surface area contributed by atoms with Gasteiger partial charge in [0.15, 0.2) is 0 Å². The van der Waals surface area contributed by atoms with Crippen molar-refractivity contribution < 1.29 is 14.9 Å². The second-order valence-electron chi connectivity index (χ2n) is 5.17. The smallest absolute Gasteiger partial charge is 0.118 e. The predicted octanol–water partition coefficient (Wildman–Crippen LogP) is 2.47. The highest BCUT2D eigenvalue weighted by Gasteiger charge is 2.38. The summed E-state index contributed by atoms with van der Waals surface area (Å²) in [4.78, 5) is 0. The Morgan fingerprint density at radius 3 is 2.28 bits per heavy atom. The fourth-order valence-corrected chi connectivity index (χ4v) is 2.93. The summed E-state index contributed by atoms with van der Waals surface area (Å²) in [5.74, 6) is 0.606. The van der Waals surface area contributed by atoms with Crippen LogP contribution in [-0.4, -0.2) is 29.5 Å². The molecule has 0 heterocycles. The van der Waals surface area contributed by atoms with Crippen molar-refractivity contribution in [2.75, 3.05) is 13.7 Å². The molecule has 0 aliphatic heterocycles. The zero-order valence-electron chi connectivity index (χ0n) is 10.9. The lowest BCUT2D eigenvalue weighted by atomic mass is 9.73. The number of aliphatic hydroxyl groups is 2. The van der Waals surface area contributed by atoms with Gasteiger partial charge in [-0.2, -0.15) is 0 Å². The maximum atomic E-state index is 10.7. The summed E-state index contributed by atoms with van der Waals surface area (Å²) in [6.07, 6.45) is 4.84. The van der Waals surface area contributed by atoms with Gasteiger partial charge in [0.25, 0.3) is 0 Å². The van der Waals surface area contributed by atoms with Gasteiger partial charge in [0.05, 0.1) is 19.3 Å². The van der Waals surface area contributed by atoms with E-state index in [-0.39, 0.29) is 12.5 Å². The summed E-state index contributed by atoms with van der Waals surface area (Å²) in [5, 5.41) is 20.4. The third-order valence-corrected chi connectivity index (χ3v) is 4.07. The monoisotopic (exact) mass is 250 g/mol. The second kappa shape index (κ2) is 5.72. The van der Waals surface area contributed by atoms with Crippen LogP contribution in [-0.2, 0) is 0 Å². The Balaban J connectivity index is 2.20. The van der Waals surface area contributed by atoms with Crippen LogP contribution in [0.1, 0.15) is 43.6 Å². The quantitative estimate of drug-likeness (QED) is 0.863. The molecule has 0 radical (unpaired) electrons. The Bertz CT molecular complexity index is 366. The average molecular weight is 250 g/mol. The van der Waals surface area contributed by atoms with Crippen LogP contribution < -0.4 is 4.74 Å². The van der Waals surface area contributed by atoms with Gasteiger partial charge in [-0.05, 0) is 30.5 Å². The summed E-state index contributed by atoms with van der Waals surface area (Å²) in [7, 11) is 1.63. The molecule has 0 aromatic heterocycles. The number of rotatable bonds is 4. The molecule has 0 unspecified atom stereocenters. The number of aliphatic hydroxyl groups excluding tert-OH is 1. The molecule has 1 saturated carbocycles. The van der Waals surface area contributed by atoms with E-state index in [0.29, 0.717) is 0 Å². The molecule has 1 aromatic carbocycles. The molecular weight excluding hydrogens is 228 g/mol. The molecule has 100 valence electrons. The number of hydrogen-bond acceptors (Lipinski definition) is 3. The van der Waals surface area contributed by atoms with E-state index in [4.69, 9.17) is 4.74 Å². The zero-order chi connectivity index (χ0) is 13.0. The minimum atomic E-state index is -0.748. The molecule has 1 aliphatic rings. The van der Waals surface area contributed by atoms with Crippen molar-refractivity contribution >= 4 is 0 Å². The van der Waals surface area contributed by atoms with Crippen molar-refractivity contribution in [1.82, 2.24) is 0 Å². The summed E-state index contributed by atoms with van der Waals surface area (Å²) in [6.45, 7) is -0.0111. The van der Waals surface area contributed by atoms with Crippen LogP contribution in [0.15, 0.2) is 24.3 Å². The highest BCUT2D eigenvalue weighted by molar-refractivity contribution is 5.31. The van der Waals surface area contributed by atoms with E-state index < -0.39 is 5.60 Å². The normalized spacial score (nSPS) is 20.4. The highest BCUT2D eigenvalue weighted by Crippen LogP contribution is 2.39. The minimum absolute atomic E-state index is 0.0111. The van der Waals surface area contributed by atoms with Gasteiger partial charge in [-0.15, -0.1) is 0 Å². The van der Waals surface area contributed by atoms with E-state index in [2.05, 4.69) is 0 Å². The van der Waals surface area contributed by atoms with Crippen molar-refractivity contribution in [1.29, 1.82) is 0 Å². The summed E-state index contributed by atoms with van der Waals surface area (Å²) >= 11 is 0. The van der Waals surface area contributed by atoms with Crippen LogP contribution in [0.5, 0.6) is 5.75 Å². The van der Waals surface area contributed by atoms with Crippen LogP contribution in [0, 0.1) is 0 Å². The molecule has 3 heteroatoms. The van der Waals surface area contributed by atoms with Crippen LogP contribution in [0.25, 0.3) is 0 Å². The fraction of sp³-hybridized carbons (Fsp3) is 0.600. The molecule has 0 bridgehead atoms. The standard InChI is InChI=1S/C15H22O3/c1-18-13-7-5-12(6-8-13)14(11-16)15(17)9-3-2-4-10-15/h5-8,14,16-17H,2-4,9-11H2,1H3/t14-/m0/s1. The lowest BCUT2D eigenvalue weighted by Gasteiger charge is -2.38. The van der Waals surface area contributed by atoms with Gasteiger partial charge in [0, 0.05) is 5.92 Å². The minimum Gasteiger partial charge on any atom is -0.497 e. The van der Waals surface area contributed by atoms with Crippen LogP contribution in [0.3, 0.4) is 0 Å². The molecule has 1 aliphatic carbocycles. The first kappa shape index (κ1) is 13.4. The van der Waals surface area contributed by atoms with E-state index in [9.17, 15) is 10.2 Å². The molecule has 0 amide bonds. The van der Waals surface area contributed by atoms with Crippen LogP contribution in [0.4, 0.5) is 0 Å². The van der Waals surface area contributed by atoms with Gasteiger partial charge in [-0.25, -0.2) is 0 Å². The predicted molar refractivity (Wildman–Crippen MR) is 70.9 cm³/mol. The van der Waals surface area contributed by atoms with E-state index in [0.717, 1.165) is 37.0 Å². The largest absolute Gasteiger partial charge is 0.497 e. The number of hydrogen-bond donors (Lipinski definition) is 2. The summed E-state index contributed by atoms with van der Waals surface area (Å²) in [6, 6.07) is 7.63. The number of methoxy groups -OCH3 is 1. The van der Waals surface area contributed by atoms with E-state index in [1.165, 1.54) is 6.42 Å². The van der Waals surface area contributed by atoms with Crippen molar-refractivity contribution in [2.45, 2.75) is 43.6 Å². The third kappa shape index (κ3) is 2.68. The van der Waals surface area contributed by atoms with Gasteiger partial charge in [-0.3, -0.25) is 0 Å². The molecular formula is C15H22O3. The molecule has 0 saturated heterocycles. The van der Waals surface area contributed by atoms with Crippen molar-refractivity contribution in [3.63, 3.8) is 0 Å². The number of ether oxygens (including phenoxy) is 1. The van der Waals surface area contributed by atoms with Crippen molar-refractivity contribution in [3.05, 3.63) is 29.8 Å². The van der Waals surface area contributed by atoms with Crippen LogP contribution >= 0.6 is 0 Å². The molecule has 18 heavy (non-hydrogen) atoms. The van der Waals surface area contributed by atoms with Crippen molar-refractivity contribution in [2.24, 2.45) is 0 Å².